The van der Waals surface area contributed by atoms with E-state index in [1.54, 1.807) is 12.3 Å². The van der Waals surface area contributed by atoms with Crippen molar-refractivity contribution in [1.29, 1.82) is 0 Å². The summed E-state index contributed by atoms with van der Waals surface area (Å²) in [5.41, 5.74) is 5.85. The van der Waals surface area contributed by atoms with Crippen LogP contribution in [0.5, 0.6) is 0 Å². The van der Waals surface area contributed by atoms with Gasteiger partial charge in [-0.25, -0.2) is 0 Å². The maximum absolute atomic E-state index is 11.3. The van der Waals surface area contributed by atoms with Gasteiger partial charge in [0.2, 0.25) is 0 Å². The summed E-state index contributed by atoms with van der Waals surface area (Å²) in [7, 11) is 0. The van der Waals surface area contributed by atoms with Crippen molar-refractivity contribution in [2.24, 2.45) is 11.1 Å². The summed E-state index contributed by atoms with van der Waals surface area (Å²) in [4.78, 5) is 11.3. The van der Waals surface area contributed by atoms with E-state index < -0.39 is 11.4 Å². The first kappa shape index (κ1) is 10.2. The van der Waals surface area contributed by atoms with E-state index in [1.165, 1.54) is 0 Å². The highest BCUT2D eigenvalue weighted by molar-refractivity contribution is 5.77. The molecule has 1 aliphatic carbocycles. The Morgan fingerprint density at radius 3 is 2.80 bits per heavy atom. The van der Waals surface area contributed by atoms with Gasteiger partial charge in [0.1, 0.15) is 0 Å². The van der Waals surface area contributed by atoms with Crippen molar-refractivity contribution in [3.63, 3.8) is 0 Å². The molecule has 82 valence electrons. The smallest absolute Gasteiger partial charge is 0.310 e. The Kier molecular flexibility index (Phi) is 2.48. The average molecular weight is 209 g/mol. The largest absolute Gasteiger partial charge is 0.481 e. The van der Waals surface area contributed by atoms with E-state index in [-0.39, 0.29) is 5.92 Å². The summed E-state index contributed by atoms with van der Waals surface area (Å²) in [6.07, 6.45) is 4.02. The second-order valence-corrected chi connectivity index (χ2v) is 4.12. The van der Waals surface area contributed by atoms with E-state index in [0.717, 1.165) is 12.1 Å². The van der Waals surface area contributed by atoms with Gasteiger partial charge >= 0.3 is 5.97 Å². The molecule has 1 aromatic rings. The number of aromatic amines is 1. The Labute approximate surface area is 87.7 Å². The van der Waals surface area contributed by atoms with E-state index >= 15 is 0 Å². The van der Waals surface area contributed by atoms with Crippen LogP contribution in [0.15, 0.2) is 12.3 Å². The van der Waals surface area contributed by atoms with Crippen LogP contribution in [0.25, 0.3) is 0 Å². The SMILES string of the molecule is NC[C@@H](c1ccn[nH]1)C1(C(=O)O)CCC1. The fourth-order valence-electron chi connectivity index (χ4n) is 2.38. The van der Waals surface area contributed by atoms with E-state index in [4.69, 9.17) is 5.73 Å². The van der Waals surface area contributed by atoms with Crippen molar-refractivity contribution >= 4 is 5.97 Å². The number of carbonyl (C=O) groups is 1. The molecule has 1 aromatic heterocycles. The van der Waals surface area contributed by atoms with Gasteiger partial charge in [-0.1, -0.05) is 6.42 Å². The van der Waals surface area contributed by atoms with Gasteiger partial charge in [0.25, 0.3) is 0 Å². The first-order chi connectivity index (χ1) is 7.20. The van der Waals surface area contributed by atoms with Gasteiger partial charge in [-0.2, -0.15) is 5.10 Å². The van der Waals surface area contributed by atoms with E-state index in [9.17, 15) is 9.90 Å². The zero-order chi connectivity index (χ0) is 10.9. The maximum atomic E-state index is 11.3. The molecule has 0 radical (unpaired) electrons. The monoisotopic (exact) mass is 209 g/mol. The highest BCUT2D eigenvalue weighted by Gasteiger charge is 2.51. The first-order valence-electron chi connectivity index (χ1n) is 5.13. The Bertz CT molecular complexity index is 344. The molecule has 0 unspecified atom stereocenters. The third kappa shape index (κ3) is 1.43. The summed E-state index contributed by atoms with van der Waals surface area (Å²) < 4.78 is 0. The molecule has 1 heterocycles. The van der Waals surface area contributed by atoms with Crippen molar-refractivity contribution in [3.05, 3.63) is 18.0 Å². The number of aromatic nitrogens is 2. The van der Waals surface area contributed by atoms with E-state index in [1.807, 2.05) is 0 Å². The maximum Gasteiger partial charge on any atom is 0.310 e. The number of nitrogens with zero attached hydrogens (tertiary/aromatic N) is 1. The van der Waals surface area contributed by atoms with Crippen molar-refractivity contribution in [3.8, 4) is 0 Å². The van der Waals surface area contributed by atoms with Gasteiger partial charge in [-0.15, -0.1) is 0 Å². The molecule has 0 aromatic carbocycles. The molecule has 1 saturated carbocycles. The zero-order valence-electron chi connectivity index (χ0n) is 8.44. The lowest BCUT2D eigenvalue weighted by Gasteiger charge is -2.43. The highest BCUT2D eigenvalue weighted by Crippen LogP contribution is 2.50. The number of H-pyrrole nitrogens is 1. The van der Waals surface area contributed by atoms with E-state index in [0.29, 0.717) is 19.4 Å². The van der Waals surface area contributed by atoms with Gasteiger partial charge in [0, 0.05) is 24.4 Å². The fourth-order valence-corrected chi connectivity index (χ4v) is 2.38. The molecular formula is C10H15N3O2. The molecule has 5 heteroatoms. The number of rotatable bonds is 4. The first-order valence-corrected chi connectivity index (χ1v) is 5.13. The molecule has 2 rings (SSSR count). The number of nitrogens with two attached hydrogens (primary N) is 1. The molecule has 1 aliphatic rings. The zero-order valence-corrected chi connectivity index (χ0v) is 8.44. The normalized spacial score (nSPS) is 20.6. The molecule has 0 spiro atoms. The second-order valence-electron chi connectivity index (χ2n) is 4.12. The topological polar surface area (TPSA) is 92.0 Å². The van der Waals surface area contributed by atoms with E-state index in [2.05, 4.69) is 10.2 Å². The Hall–Kier alpha value is -1.36. The van der Waals surface area contributed by atoms with Crippen molar-refractivity contribution in [2.45, 2.75) is 25.2 Å². The molecule has 4 N–H and O–H groups in total. The van der Waals surface area contributed by atoms with Crippen LogP contribution < -0.4 is 5.73 Å². The Morgan fingerprint density at radius 1 is 1.73 bits per heavy atom. The van der Waals surface area contributed by atoms with Crippen molar-refractivity contribution in [2.75, 3.05) is 6.54 Å². The van der Waals surface area contributed by atoms with Crippen LogP contribution in [-0.4, -0.2) is 27.8 Å². The molecule has 0 amide bonds. The molecule has 15 heavy (non-hydrogen) atoms. The quantitative estimate of drug-likeness (QED) is 0.680. The Balaban J connectivity index is 2.29. The number of aliphatic carboxylic acids is 1. The molecular weight excluding hydrogens is 194 g/mol. The predicted molar refractivity (Wildman–Crippen MR) is 54.3 cm³/mol. The third-order valence-corrected chi connectivity index (χ3v) is 3.47. The van der Waals surface area contributed by atoms with Gasteiger partial charge in [-0.3, -0.25) is 9.89 Å². The molecule has 0 bridgehead atoms. The lowest BCUT2D eigenvalue weighted by Crippen LogP contribution is -2.46. The van der Waals surface area contributed by atoms with Crippen LogP contribution in [0, 0.1) is 5.41 Å². The summed E-state index contributed by atoms with van der Waals surface area (Å²) in [5.74, 6) is -0.884. The summed E-state index contributed by atoms with van der Waals surface area (Å²) in [5, 5.41) is 16.0. The third-order valence-electron chi connectivity index (χ3n) is 3.47. The number of hydrogen-bond acceptors (Lipinski definition) is 3. The number of hydrogen-bond donors (Lipinski definition) is 3. The Morgan fingerprint density at radius 2 is 2.47 bits per heavy atom. The standard InChI is InChI=1S/C10H15N3O2/c11-6-7(8-2-5-12-13-8)10(9(14)15)3-1-4-10/h2,5,7H,1,3-4,6,11H2,(H,12,13)(H,14,15)/t7-/m0/s1. The second kappa shape index (κ2) is 3.66. The van der Waals surface area contributed by atoms with Gasteiger partial charge in [0.15, 0.2) is 0 Å². The van der Waals surface area contributed by atoms with Gasteiger partial charge in [-0.05, 0) is 18.9 Å². The van der Waals surface area contributed by atoms with Crippen LogP contribution in [0.2, 0.25) is 0 Å². The minimum atomic E-state index is -0.737. The lowest BCUT2D eigenvalue weighted by atomic mass is 9.60. The minimum absolute atomic E-state index is 0.147. The number of nitrogens with one attached hydrogen (secondary N) is 1. The fraction of sp³-hybridized carbons (Fsp3) is 0.600. The van der Waals surface area contributed by atoms with Crippen LogP contribution in [0.4, 0.5) is 0 Å². The molecule has 1 fully saturated rings. The van der Waals surface area contributed by atoms with Crippen LogP contribution in [0.1, 0.15) is 30.9 Å². The van der Waals surface area contributed by atoms with Crippen LogP contribution in [-0.2, 0) is 4.79 Å². The minimum Gasteiger partial charge on any atom is -0.481 e. The molecule has 5 nitrogen and oxygen atoms in total. The summed E-state index contributed by atoms with van der Waals surface area (Å²) in [6.45, 7) is 0.342. The molecule has 0 saturated heterocycles. The number of carboxylic acids is 1. The van der Waals surface area contributed by atoms with Crippen molar-refractivity contribution < 1.29 is 9.90 Å². The van der Waals surface area contributed by atoms with Gasteiger partial charge < -0.3 is 10.8 Å². The van der Waals surface area contributed by atoms with Crippen LogP contribution in [0.3, 0.4) is 0 Å². The van der Waals surface area contributed by atoms with Crippen LogP contribution >= 0.6 is 0 Å². The predicted octanol–water partition coefficient (Wildman–Crippen LogP) is 0.707. The van der Waals surface area contributed by atoms with Crippen molar-refractivity contribution in [1.82, 2.24) is 10.2 Å². The highest BCUT2D eigenvalue weighted by atomic mass is 16.4. The average Bonchev–Trinajstić information content (AvgIpc) is 2.62. The molecule has 1 atom stereocenters. The van der Waals surface area contributed by atoms with Gasteiger partial charge in [0.05, 0.1) is 5.41 Å². The number of carboxylic acid groups (broad SMARTS) is 1. The summed E-state index contributed by atoms with van der Waals surface area (Å²) in [6, 6.07) is 1.81. The molecule has 0 aliphatic heterocycles. The lowest BCUT2D eigenvalue weighted by molar-refractivity contribution is -0.156. The summed E-state index contributed by atoms with van der Waals surface area (Å²) >= 11 is 0.